The standard InChI is InChI=1S/C16H20N6O/c17-16(19-9-8-18-15(23)14-6-7-20-22-14)21-13-5-4-11-2-1-3-12(11)10-13/h4-7,10H,1-3,8-9H2,(H,18,23)(H,20,22)(H3,17,19,21). The molecule has 7 nitrogen and oxygen atoms in total. The highest BCUT2D eigenvalue weighted by Gasteiger charge is 2.10. The maximum absolute atomic E-state index is 11.7. The monoisotopic (exact) mass is 312 g/mol. The highest BCUT2D eigenvalue weighted by atomic mass is 16.1. The first kappa shape index (κ1) is 15.1. The van der Waals surface area contributed by atoms with Gasteiger partial charge in [-0.15, -0.1) is 0 Å². The predicted octanol–water partition coefficient (Wildman–Crippen LogP) is 1.06. The first-order valence-electron chi connectivity index (χ1n) is 7.69. The number of rotatable bonds is 5. The molecule has 0 atom stereocenters. The van der Waals surface area contributed by atoms with Gasteiger partial charge in [-0.05, 0) is 48.6 Å². The van der Waals surface area contributed by atoms with E-state index in [0.29, 0.717) is 24.7 Å². The molecule has 120 valence electrons. The topological polar surface area (TPSA) is 108 Å². The van der Waals surface area contributed by atoms with Crippen LogP contribution in [0.5, 0.6) is 0 Å². The number of fused-ring (bicyclic) bond motifs is 1. The Hall–Kier alpha value is -2.83. The lowest BCUT2D eigenvalue weighted by Gasteiger charge is -2.08. The number of nitrogens with one attached hydrogen (secondary N) is 3. The zero-order chi connectivity index (χ0) is 16.1. The number of amides is 1. The molecule has 0 saturated heterocycles. The van der Waals surface area contributed by atoms with Gasteiger partial charge < -0.3 is 16.4 Å². The second-order valence-corrected chi connectivity index (χ2v) is 5.46. The van der Waals surface area contributed by atoms with Crippen molar-refractivity contribution in [3.63, 3.8) is 0 Å². The molecule has 0 saturated carbocycles. The number of nitrogens with two attached hydrogens (primary N) is 1. The Morgan fingerprint density at radius 1 is 1.30 bits per heavy atom. The third-order valence-corrected chi connectivity index (χ3v) is 3.80. The van der Waals surface area contributed by atoms with Crippen LogP contribution in [-0.2, 0) is 12.8 Å². The molecular weight excluding hydrogens is 292 g/mol. The third kappa shape index (κ3) is 3.88. The van der Waals surface area contributed by atoms with Crippen LogP contribution >= 0.6 is 0 Å². The molecular formula is C16H20N6O. The van der Waals surface area contributed by atoms with Crippen molar-refractivity contribution in [2.24, 2.45) is 10.7 Å². The quantitative estimate of drug-likeness (QED) is 0.376. The molecule has 0 unspecified atom stereocenters. The maximum atomic E-state index is 11.7. The Kier molecular flexibility index (Phi) is 4.56. The van der Waals surface area contributed by atoms with Gasteiger partial charge in [0.25, 0.3) is 5.91 Å². The van der Waals surface area contributed by atoms with Gasteiger partial charge in [-0.2, -0.15) is 5.10 Å². The second-order valence-electron chi connectivity index (χ2n) is 5.46. The van der Waals surface area contributed by atoms with Crippen LogP contribution in [0.1, 0.15) is 28.0 Å². The molecule has 1 amide bonds. The summed E-state index contributed by atoms with van der Waals surface area (Å²) in [6.45, 7) is 0.814. The summed E-state index contributed by atoms with van der Waals surface area (Å²) in [5.74, 6) is 0.140. The third-order valence-electron chi connectivity index (χ3n) is 3.80. The Labute approximate surface area is 134 Å². The normalized spacial score (nSPS) is 13.7. The fraction of sp³-hybridized carbons (Fsp3) is 0.312. The summed E-state index contributed by atoms with van der Waals surface area (Å²) < 4.78 is 0. The van der Waals surface area contributed by atoms with Crippen molar-refractivity contribution in [2.45, 2.75) is 19.3 Å². The van der Waals surface area contributed by atoms with E-state index in [1.54, 1.807) is 6.07 Å². The van der Waals surface area contributed by atoms with E-state index in [4.69, 9.17) is 5.73 Å². The molecule has 1 heterocycles. The molecule has 2 aromatic rings. The number of benzene rings is 1. The molecule has 0 radical (unpaired) electrons. The van der Waals surface area contributed by atoms with Crippen LogP contribution < -0.4 is 16.4 Å². The Morgan fingerprint density at radius 3 is 3.00 bits per heavy atom. The van der Waals surface area contributed by atoms with Crippen LogP contribution in [-0.4, -0.2) is 35.2 Å². The first-order valence-corrected chi connectivity index (χ1v) is 7.69. The van der Waals surface area contributed by atoms with Crippen LogP contribution in [0.3, 0.4) is 0 Å². The molecule has 1 aliphatic carbocycles. The minimum atomic E-state index is -0.206. The molecule has 3 rings (SSSR count). The van der Waals surface area contributed by atoms with Crippen molar-refractivity contribution < 1.29 is 4.79 Å². The van der Waals surface area contributed by atoms with Gasteiger partial charge in [-0.25, -0.2) is 0 Å². The number of carbonyl (C=O) groups excluding carboxylic acids is 1. The van der Waals surface area contributed by atoms with Crippen LogP contribution in [0.25, 0.3) is 0 Å². The zero-order valence-electron chi connectivity index (χ0n) is 12.8. The number of hydrogen-bond donors (Lipinski definition) is 4. The number of nitrogens with zero attached hydrogens (tertiary/aromatic N) is 2. The van der Waals surface area contributed by atoms with Gasteiger partial charge in [0.2, 0.25) is 0 Å². The van der Waals surface area contributed by atoms with E-state index in [-0.39, 0.29) is 5.91 Å². The molecule has 1 aromatic carbocycles. The number of carbonyl (C=O) groups is 1. The van der Waals surface area contributed by atoms with E-state index in [9.17, 15) is 4.79 Å². The largest absolute Gasteiger partial charge is 0.370 e. The molecule has 7 heteroatoms. The van der Waals surface area contributed by atoms with Gasteiger partial charge in [0.15, 0.2) is 5.96 Å². The molecule has 0 spiro atoms. The van der Waals surface area contributed by atoms with E-state index in [1.807, 2.05) is 6.07 Å². The fourth-order valence-electron chi connectivity index (χ4n) is 2.66. The summed E-state index contributed by atoms with van der Waals surface area (Å²) in [5.41, 5.74) is 10.1. The van der Waals surface area contributed by atoms with E-state index in [0.717, 1.165) is 18.5 Å². The summed E-state index contributed by atoms with van der Waals surface area (Å²) in [7, 11) is 0. The van der Waals surface area contributed by atoms with E-state index in [2.05, 4.69) is 38.0 Å². The van der Waals surface area contributed by atoms with Gasteiger partial charge in [0.05, 0.1) is 6.54 Å². The average Bonchev–Trinajstić information content (AvgIpc) is 3.21. The molecule has 1 aromatic heterocycles. The van der Waals surface area contributed by atoms with E-state index < -0.39 is 0 Å². The first-order chi connectivity index (χ1) is 11.2. The Bertz CT molecular complexity index is 707. The number of anilines is 1. The van der Waals surface area contributed by atoms with Crippen LogP contribution in [0.2, 0.25) is 0 Å². The fourth-order valence-corrected chi connectivity index (χ4v) is 2.66. The van der Waals surface area contributed by atoms with Gasteiger partial charge in [0, 0.05) is 18.4 Å². The lowest BCUT2D eigenvalue weighted by Crippen LogP contribution is -2.28. The Morgan fingerprint density at radius 2 is 2.17 bits per heavy atom. The number of H-pyrrole nitrogens is 1. The minimum Gasteiger partial charge on any atom is -0.370 e. The van der Waals surface area contributed by atoms with Crippen molar-refractivity contribution in [3.8, 4) is 0 Å². The van der Waals surface area contributed by atoms with Crippen molar-refractivity contribution in [1.29, 1.82) is 0 Å². The number of guanidine groups is 1. The van der Waals surface area contributed by atoms with Crippen LogP contribution in [0, 0.1) is 0 Å². The minimum absolute atomic E-state index is 0.206. The molecule has 0 aliphatic heterocycles. The molecule has 5 N–H and O–H groups in total. The molecule has 23 heavy (non-hydrogen) atoms. The van der Waals surface area contributed by atoms with Crippen LogP contribution in [0.4, 0.5) is 5.69 Å². The predicted molar refractivity (Wildman–Crippen MR) is 89.5 cm³/mol. The summed E-state index contributed by atoms with van der Waals surface area (Å²) in [6.07, 6.45) is 5.04. The Balaban J connectivity index is 1.45. The molecule has 0 fully saturated rings. The lowest BCUT2D eigenvalue weighted by molar-refractivity contribution is 0.0950. The van der Waals surface area contributed by atoms with Crippen molar-refractivity contribution in [3.05, 3.63) is 47.3 Å². The highest BCUT2D eigenvalue weighted by Crippen LogP contribution is 2.24. The lowest BCUT2D eigenvalue weighted by atomic mass is 10.1. The number of aromatic nitrogens is 2. The summed E-state index contributed by atoms with van der Waals surface area (Å²) >= 11 is 0. The van der Waals surface area contributed by atoms with Crippen molar-refractivity contribution in [1.82, 2.24) is 15.5 Å². The summed E-state index contributed by atoms with van der Waals surface area (Å²) in [4.78, 5) is 15.9. The van der Waals surface area contributed by atoms with Crippen LogP contribution in [0.15, 0.2) is 35.5 Å². The summed E-state index contributed by atoms with van der Waals surface area (Å²) in [5, 5.41) is 12.2. The zero-order valence-corrected chi connectivity index (χ0v) is 12.8. The maximum Gasteiger partial charge on any atom is 0.269 e. The summed E-state index contributed by atoms with van der Waals surface area (Å²) in [6, 6.07) is 7.90. The van der Waals surface area contributed by atoms with E-state index >= 15 is 0 Å². The number of hydrogen-bond acceptors (Lipinski definition) is 3. The van der Waals surface area contributed by atoms with Crippen molar-refractivity contribution >= 4 is 17.6 Å². The molecule has 0 bridgehead atoms. The average molecular weight is 312 g/mol. The van der Waals surface area contributed by atoms with Gasteiger partial charge in [0.1, 0.15) is 5.69 Å². The number of aromatic amines is 1. The molecule has 1 aliphatic rings. The number of aliphatic imine (C=N–C) groups is 1. The SMILES string of the molecule is NC(=NCCNC(=O)c1ccn[nH]1)Nc1ccc2c(c1)CCC2. The highest BCUT2D eigenvalue weighted by molar-refractivity contribution is 5.93. The van der Waals surface area contributed by atoms with Gasteiger partial charge in [-0.3, -0.25) is 14.9 Å². The van der Waals surface area contributed by atoms with Gasteiger partial charge >= 0.3 is 0 Å². The van der Waals surface area contributed by atoms with Gasteiger partial charge in [-0.1, -0.05) is 6.07 Å². The smallest absolute Gasteiger partial charge is 0.269 e. The number of aryl methyl sites for hydroxylation is 2. The van der Waals surface area contributed by atoms with Crippen molar-refractivity contribution in [2.75, 3.05) is 18.4 Å². The second kappa shape index (κ2) is 6.95. The van der Waals surface area contributed by atoms with E-state index in [1.165, 1.54) is 23.7 Å².